The number of hydrogen-bond donors (Lipinski definition) is 0. The van der Waals surface area contributed by atoms with E-state index in [1.807, 2.05) is 24.3 Å². The molecule has 0 fully saturated rings. The largest absolute Gasteiger partial charge is 0.543 e. The van der Waals surface area contributed by atoms with Gasteiger partial charge in [-0.05, 0) is 107 Å². The van der Waals surface area contributed by atoms with E-state index >= 15 is 0 Å². The highest BCUT2D eigenvalue weighted by Crippen LogP contribution is 2.46. The molecule has 0 aromatic heterocycles. The van der Waals surface area contributed by atoms with E-state index in [9.17, 15) is 4.79 Å². The summed E-state index contributed by atoms with van der Waals surface area (Å²) in [6.45, 7) is 30.2. The number of benzene rings is 2. The van der Waals surface area contributed by atoms with E-state index in [-0.39, 0.29) is 5.97 Å². The van der Waals surface area contributed by atoms with Gasteiger partial charge in [0, 0.05) is 12.5 Å². The number of allylic oxidation sites excluding steroid dienone is 6. The Morgan fingerprint density at radius 2 is 0.946 bits per heavy atom. The summed E-state index contributed by atoms with van der Waals surface area (Å²) in [5.41, 5.74) is 4.89. The van der Waals surface area contributed by atoms with Crippen molar-refractivity contribution in [2.45, 2.75) is 187 Å². The Bertz CT molecular complexity index is 1430. The third-order valence-electron chi connectivity index (χ3n) is 11.5. The van der Waals surface area contributed by atoms with Crippen molar-refractivity contribution in [3.8, 4) is 17.2 Å². The molecule has 0 N–H and O–H groups in total. The highest BCUT2D eigenvalue weighted by molar-refractivity contribution is 6.78. The lowest BCUT2D eigenvalue weighted by Crippen LogP contribution is -2.51. The van der Waals surface area contributed by atoms with Crippen molar-refractivity contribution in [1.82, 2.24) is 0 Å². The van der Waals surface area contributed by atoms with Crippen LogP contribution in [0.2, 0.25) is 33.2 Å². The lowest BCUT2D eigenvalue weighted by atomic mass is 10.1. The highest BCUT2D eigenvalue weighted by Gasteiger charge is 2.48. The standard InChI is InChI=1S/C50H80O4Si2/c1-14-15-16-17-18-19-20-21-22-23-24-25-26-27-28-29-50(51)52-47-34-32-45(33-35-47)30-31-46-36-48(53-55(39(2)3,40(4)5)41(6)7)38-49(37-46)54-56(42(8)9,43(10)11)44(12)13/h15-16,18-19,21-22,30-44H,14,17,20,23-29H2,1-13H3/b16-15?,19-18?,22-21?,31-30+. The van der Waals surface area contributed by atoms with E-state index in [1.165, 1.54) is 12.8 Å². The molecule has 4 nitrogen and oxygen atoms in total. The van der Waals surface area contributed by atoms with Crippen LogP contribution in [0.3, 0.4) is 0 Å². The molecule has 0 unspecified atom stereocenters. The molecule has 0 amide bonds. The van der Waals surface area contributed by atoms with Crippen molar-refractivity contribution >= 4 is 34.8 Å². The molecule has 0 bridgehead atoms. The van der Waals surface area contributed by atoms with Crippen molar-refractivity contribution in [1.29, 1.82) is 0 Å². The molecular weight excluding hydrogens is 721 g/mol. The second-order valence-corrected chi connectivity index (χ2v) is 28.3. The molecule has 0 aliphatic rings. The van der Waals surface area contributed by atoms with E-state index in [0.29, 0.717) is 45.4 Å². The Kier molecular flexibility index (Phi) is 22.2. The maximum absolute atomic E-state index is 12.6. The SMILES string of the molecule is CCC=CCC=CCC=CCCCCCCCC(=O)Oc1ccc(/C=C/c2cc(O[Si](C(C)C)(C(C)C)C(C)C)cc(O[Si](C(C)C)(C(C)C)C(C)C)c2)cc1. The molecule has 0 radical (unpaired) electrons. The Morgan fingerprint density at radius 3 is 1.43 bits per heavy atom. The molecule has 2 aromatic carbocycles. The predicted molar refractivity (Wildman–Crippen MR) is 250 cm³/mol. The summed E-state index contributed by atoms with van der Waals surface area (Å²) >= 11 is 0. The fourth-order valence-electron chi connectivity index (χ4n) is 8.83. The number of unbranched alkanes of at least 4 members (excludes halogenated alkanes) is 5. The van der Waals surface area contributed by atoms with Gasteiger partial charge in [-0.15, -0.1) is 0 Å². The van der Waals surface area contributed by atoms with Crippen LogP contribution in [0.5, 0.6) is 17.2 Å². The minimum atomic E-state index is -2.19. The molecule has 312 valence electrons. The van der Waals surface area contributed by atoms with E-state index in [0.717, 1.165) is 67.6 Å². The number of carbonyl (C=O) groups excluding carboxylic acids is 1. The number of esters is 1. The summed E-state index contributed by atoms with van der Waals surface area (Å²) < 4.78 is 20.2. The Hall–Kier alpha value is -3.10. The maximum Gasteiger partial charge on any atom is 0.311 e. The molecule has 0 aliphatic heterocycles. The van der Waals surface area contributed by atoms with Crippen LogP contribution in [0.15, 0.2) is 78.9 Å². The predicted octanol–water partition coefficient (Wildman–Crippen LogP) is 16.5. The van der Waals surface area contributed by atoms with Gasteiger partial charge in [-0.1, -0.05) is 170 Å². The fraction of sp³-hybridized carbons (Fsp3) is 0.580. The first kappa shape index (κ1) is 49.1. The second kappa shape index (κ2) is 25.3. The Labute approximate surface area is 346 Å². The first-order chi connectivity index (χ1) is 26.6. The van der Waals surface area contributed by atoms with Gasteiger partial charge in [-0.2, -0.15) is 0 Å². The van der Waals surface area contributed by atoms with Gasteiger partial charge in [0.25, 0.3) is 16.6 Å². The summed E-state index contributed by atoms with van der Waals surface area (Å²) in [5.74, 6) is 2.25. The average molecular weight is 801 g/mol. The molecule has 2 rings (SSSR count). The monoisotopic (exact) mass is 801 g/mol. The van der Waals surface area contributed by atoms with Crippen LogP contribution in [-0.4, -0.2) is 22.6 Å². The van der Waals surface area contributed by atoms with Crippen LogP contribution < -0.4 is 13.6 Å². The van der Waals surface area contributed by atoms with Crippen molar-refractivity contribution in [3.63, 3.8) is 0 Å². The van der Waals surface area contributed by atoms with Crippen LogP contribution in [0.1, 0.15) is 165 Å². The van der Waals surface area contributed by atoms with Gasteiger partial charge >= 0.3 is 5.97 Å². The zero-order valence-corrected chi connectivity index (χ0v) is 39.8. The third-order valence-corrected chi connectivity index (χ3v) is 23.5. The van der Waals surface area contributed by atoms with Crippen molar-refractivity contribution < 1.29 is 18.4 Å². The quantitative estimate of drug-likeness (QED) is 0.0237. The van der Waals surface area contributed by atoms with Crippen LogP contribution >= 0.6 is 0 Å². The minimum absolute atomic E-state index is 0.161. The minimum Gasteiger partial charge on any atom is -0.543 e. The Morgan fingerprint density at radius 1 is 0.518 bits per heavy atom. The summed E-state index contributed by atoms with van der Waals surface area (Å²) in [6.07, 6.45) is 27.9. The molecule has 6 heteroatoms. The summed E-state index contributed by atoms with van der Waals surface area (Å²) in [6, 6.07) is 14.3. The molecule has 0 saturated heterocycles. The first-order valence-corrected chi connectivity index (χ1v) is 26.3. The molecule has 0 saturated carbocycles. The number of rotatable bonds is 26. The van der Waals surface area contributed by atoms with Crippen LogP contribution in [-0.2, 0) is 4.79 Å². The number of carbonyl (C=O) groups is 1. The molecule has 56 heavy (non-hydrogen) atoms. The normalized spacial score (nSPS) is 13.1. The molecule has 2 aromatic rings. The molecular formula is C50H80O4Si2. The summed E-state index contributed by atoms with van der Waals surface area (Å²) in [4.78, 5) is 12.6. The van der Waals surface area contributed by atoms with Crippen LogP contribution in [0.4, 0.5) is 0 Å². The molecule has 0 atom stereocenters. The van der Waals surface area contributed by atoms with E-state index in [1.54, 1.807) is 0 Å². The zero-order valence-electron chi connectivity index (χ0n) is 37.8. The first-order valence-electron chi connectivity index (χ1n) is 22.1. The molecule has 0 aliphatic carbocycles. The maximum atomic E-state index is 12.6. The highest BCUT2D eigenvalue weighted by atomic mass is 28.4. The Balaban J connectivity index is 2.06. The van der Waals surface area contributed by atoms with E-state index in [4.69, 9.17) is 13.6 Å². The van der Waals surface area contributed by atoms with Gasteiger partial charge < -0.3 is 13.6 Å². The number of hydrogen-bond acceptors (Lipinski definition) is 4. The number of ether oxygens (including phenoxy) is 1. The van der Waals surface area contributed by atoms with Crippen LogP contribution in [0, 0.1) is 0 Å². The average Bonchev–Trinajstić information content (AvgIpc) is 3.13. The van der Waals surface area contributed by atoms with Crippen molar-refractivity contribution in [2.75, 3.05) is 0 Å². The van der Waals surface area contributed by atoms with Crippen LogP contribution in [0.25, 0.3) is 12.2 Å². The fourth-order valence-corrected chi connectivity index (χ4v) is 19.3. The summed E-state index contributed by atoms with van der Waals surface area (Å²) in [5, 5.41) is 0. The van der Waals surface area contributed by atoms with Crippen molar-refractivity contribution in [3.05, 3.63) is 90.0 Å². The second-order valence-electron chi connectivity index (χ2n) is 17.6. The summed E-state index contributed by atoms with van der Waals surface area (Å²) in [7, 11) is -4.37. The van der Waals surface area contributed by atoms with Gasteiger partial charge in [0.15, 0.2) is 0 Å². The van der Waals surface area contributed by atoms with Gasteiger partial charge in [0.1, 0.15) is 17.2 Å². The van der Waals surface area contributed by atoms with Gasteiger partial charge in [-0.25, -0.2) is 0 Å². The van der Waals surface area contributed by atoms with Crippen molar-refractivity contribution in [2.24, 2.45) is 0 Å². The lowest BCUT2D eigenvalue weighted by molar-refractivity contribution is -0.134. The zero-order chi connectivity index (χ0) is 41.7. The molecule has 0 spiro atoms. The van der Waals surface area contributed by atoms with E-state index in [2.05, 4.69) is 157 Å². The molecule has 0 heterocycles. The van der Waals surface area contributed by atoms with Gasteiger partial charge in [0.2, 0.25) is 0 Å². The topological polar surface area (TPSA) is 44.8 Å². The lowest BCUT2D eigenvalue weighted by Gasteiger charge is -2.43. The van der Waals surface area contributed by atoms with Gasteiger partial charge in [-0.3, -0.25) is 4.79 Å². The smallest absolute Gasteiger partial charge is 0.311 e. The van der Waals surface area contributed by atoms with E-state index < -0.39 is 16.6 Å². The van der Waals surface area contributed by atoms with Gasteiger partial charge in [0.05, 0.1) is 0 Å². The third kappa shape index (κ3) is 15.3.